The second kappa shape index (κ2) is 8.95. The third-order valence-electron chi connectivity index (χ3n) is 5.02. The number of benzene rings is 2. The molecule has 0 bridgehead atoms. The van der Waals surface area contributed by atoms with Crippen LogP contribution in [-0.4, -0.2) is 29.2 Å². The molecule has 4 rings (SSSR count). The topological polar surface area (TPSA) is 72.1 Å². The molecule has 1 aromatic heterocycles. The molecule has 0 N–H and O–H groups in total. The second-order valence-corrected chi connectivity index (χ2v) is 7.35. The fourth-order valence-electron chi connectivity index (χ4n) is 3.44. The van der Waals surface area contributed by atoms with Gasteiger partial charge < -0.3 is 9.15 Å². The summed E-state index contributed by atoms with van der Waals surface area (Å²) in [6.07, 6.45) is 1.91. The van der Waals surface area contributed by atoms with Crippen LogP contribution in [0.25, 0.3) is 0 Å². The van der Waals surface area contributed by atoms with Gasteiger partial charge in [0.2, 0.25) is 0 Å². The maximum Gasteiger partial charge on any atom is 0.310 e. The molecule has 1 amide bonds. The molecule has 0 fully saturated rings. The number of halogens is 1. The van der Waals surface area contributed by atoms with Gasteiger partial charge in [0, 0.05) is 6.42 Å². The van der Waals surface area contributed by atoms with Gasteiger partial charge >= 0.3 is 5.97 Å². The Kier molecular flexibility index (Phi) is 5.93. The Morgan fingerprint density at radius 1 is 1.16 bits per heavy atom. The number of aryl methyl sites for hydroxylation is 1. The molecule has 0 saturated carbocycles. The number of nitrogens with zero attached hydrogens (tertiary/aromatic N) is 2. The van der Waals surface area contributed by atoms with Crippen LogP contribution in [-0.2, 0) is 20.7 Å². The number of furan rings is 1. The van der Waals surface area contributed by atoms with Crippen molar-refractivity contribution in [2.24, 2.45) is 5.10 Å². The maximum absolute atomic E-state index is 13.3. The van der Waals surface area contributed by atoms with Crippen LogP contribution in [0.1, 0.15) is 34.9 Å². The predicted octanol–water partition coefficient (Wildman–Crippen LogP) is 4.19. The van der Waals surface area contributed by atoms with Crippen molar-refractivity contribution in [3.63, 3.8) is 0 Å². The van der Waals surface area contributed by atoms with Crippen LogP contribution in [0, 0.1) is 12.7 Å². The number of hydrazone groups is 1. The van der Waals surface area contributed by atoms with E-state index in [0.29, 0.717) is 17.7 Å². The first-order valence-electron chi connectivity index (χ1n) is 9.89. The minimum absolute atomic E-state index is 0.120. The van der Waals surface area contributed by atoms with E-state index < -0.39 is 30.3 Å². The smallest absolute Gasteiger partial charge is 0.310 e. The zero-order chi connectivity index (χ0) is 21.8. The van der Waals surface area contributed by atoms with E-state index in [1.165, 1.54) is 23.2 Å². The van der Waals surface area contributed by atoms with Crippen LogP contribution < -0.4 is 0 Å². The lowest BCUT2D eigenvalue weighted by Gasteiger charge is -2.19. The highest BCUT2D eigenvalue weighted by Crippen LogP contribution is 2.33. The largest absolute Gasteiger partial charge is 0.467 e. The average molecular weight is 420 g/mol. The lowest BCUT2D eigenvalue weighted by atomic mass is 10.0. The molecule has 2 aromatic carbocycles. The number of hydrogen-bond donors (Lipinski definition) is 0. The van der Waals surface area contributed by atoms with Gasteiger partial charge in [-0.1, -0.05) is 42.0 Å². The SMILES string of the molecule is Cc1ccc(C2=NN(C(=O)COC(=O)Cc3cccc(F)c3)C(c3ccco3)C2)cc1. The van der Waals surface area contributed by atoms with Crippen molar-refractivity contribution in [1.29, 1.82) is 0 Å². The summed E-state index contributed by atoms with van der Waals surface area (Å²) in [5.74, 6) is -0.908. The highest BCUT2D eigenvalue weighted by Gasteiger charge is 2.35. The summed E-state index contributed by atoms with van der Waals surface area (Å²) in [4.78, 5) is 24.9. The van der Waals surface area contributed by atoms with Gasteiger partial charge in [-0.2, -0.15) is 5.10 Å². The third-order valence-corrected chi connectivity index (χ3v) is 5.02. The number of hydrogen-bond acceptors (Lipinski definition) is 5. The highest BCUT2D eigenvalue weighted by atomic mass is 19.1. The Morgan fingerprint density at radius 3 is 2.68 bits per heavy atom. The molecule has 6 nitrogen and oxygen atoms in total. The van der Waals surface area contributed by atoms with Crippen molar-refractivity contribution in [2.45, 2.75) is 25.8 Å². The van der Waals surface area contributed by atoms with Crippen molar-refractivity contribution in [1.82, 2.24) is 5.01 Å². The third kappa shape index (κ3) is 4.88. The standard InChI is InChI=1S/C24H21FN2O4/c1-16-7-9-18(10-8-16)20-14-21(22-6-3-11-30-22)27(26-20)23(28)15-31-24(29)13-17-4-2-5-19(25)12-17/h2-12,21H,13-15H2,1H3. The first-order chi connectivity index (χ1) is 15.0. The van der Waals surface area contributed by atoms with Crippen LogP contribution >= 0.6 is 0 Å². The Morgan fingerprint density at radius 2 is 1.97 bits per heavy atom. The lowest BCUT2D eigenvalue weighted by molar-refractivity contribution is -0.152. The first-order valence-corrected chi connectivity index (χ1v) is 9.89. The molecule has 0 saturated heterocycles. The van der Waals surface area contributed by atoms with Crippen LogP contribution in [0.2, 0.25) is 0 Å². The number of amides is 1. The van der Waals surface area contributed by atoms with Gasteiger partial charge in [0.15, 0.2) is 6.61 Å². The summed E-state index contributed by atoms with van der Waals surface area (Å²) in [5.41, 5.74) is 3.27. The van der Waals surface area contributed by atoms with Crippen LogP contribution in [0.4, 0.5) is 4.39 Å². The van der Waals surface area contributed by atoms with E-state index in [1.54, 1.807) is 24.5 Å². The van der Waals surface area contributed by atoms with E-state index in [2.05, 4.69) is 5.10 Å². The molecule has 31 heavy (non-hydrogen) atoms. The van der Waals surface area contributed by atoms with Gasteiger partial charge in [-0.05, 0) is 42.3 Å². The molecular formula is C24H21FN2O4. The van der Waals surface area contributed by atoms with Gasteiger partial charge in [-0.15, -0.1) is 0 Å². The maximum atomic E-state index is 13.3. The van der Waals surface area contributed by atoms with Crippen molar-refractivity contribution >= 4 is 17.6 Å². The summed E-state index contributed by atoms with van der Waals surface area (Å²) in [6, 6.07) is 16.7. The number of carbonyl (C=O) groups is 2. The second-order valence-electron chi connectivity index (χ2n) is 7.35. The number of esters is 1. The molecule has 1 aliphatic rings. The van der Waals surface area contributed by atoms with Crippen LogP contribution in [0.3, 0.4) is 0 Å². The number of ether oxygens (including phenoxy) is 1. The number of carbonyl (C=O) groups excluding carboxylic acids is 2. The van der Waals surface area contributed by atoms with E-state index in [9.17, 15) is 14.0 Å². The summed E-state index contributed by atoms with van der Waals surface area (Å²) < 4.78 is 23.9. The first kappa shape index (κ1) is 20.5. The quantitative estimate of drug-likeness (QED) is 0.561. The molecule has 2 heterocycles. The van der Waals surface area contributed by atoms with Crippen molar-refractivity contribution in [2.75, 3.05) is 6.61 Å². The minimum Gasteiger partial charge on any atom is -0.467 e. The van der Waals surface area contributed by atoms with E-state index in [0.717, 1.165) is 16.8 Å². The fourth-order valence-corrected chi connectivity index (χ4v) is 3.44. The average Bonchev–Trinajstić information content (AvgIpc) is 3.42. The van der Waals surface area contributed by atoms with Crippen molar-refractivity contribution < 1.29 is 23.1 Å². The molecule has 1 aliphatic heterocycles. The monoisotopic (exact) mass is 420 g/mol. The Bertz CT molecular complexity index is 1110. The fraction of sp³-hybridized carbons (Fsp3) is 0.208. The van der Waals surface area contributed by atoms with Crippen molar-refractivity contribution in [3.8, 4) is 0 Å². The van der Waals surface area contributed by atoms with Gasteiger partial charge in [0.1, 0.15) is 17.6 Å². The van der Waals surface area contributed by atoms with E-state index in [-0.39, 0.29) is 6.42 Å². The molecule has 158 valence electrons. The van der Waals surface area contributed by atoms with Gasteiger partial charge in [-0.3, -0.25) is 9.59 Å². The number of rotatable bonds is 6. The van der Waals surface area contributed by atoms with Crippen molar-refractivity contribution in [3.05, 3.63) is 95.2 Å². The molecule has 1 unspecified atom stereocenters. The molecule has 0 spiro atoms. The van der Waals surface area contributed by atoms with Crippen LogP contribution in [0.15, 0.2) is 76.4 Å². The van der Waals surface area contributed by atoms with Gasteiger partial charge in [0.05, 0.1) is 18.4 Å². The highest BCUT2D eigenvalue weighted by molar-refractivity contribution is 6.03. The predicted molar refractivity (Wildman–Crippen MR) is 112 cm³/mol. The summed E-state index contributed by atoms with van der Waals surface area (Å²) >= 11 is 0. The Labute approximate surface area is 178 Å². The normalized spacial score (nSPS) is 15.6. The van der Waals surface area contributed by atoms with E-state index in [4.69, 9.17) is 9.15 Å². The summed E-state index contributed by atoms with van der Waals surface area (Å²) in [5, 5.41) is 5.81. The molecule has 7 heteroatoms. The Balaban J connectivity index is 1.45. The van der Waals surface area contributed by atoms with E-state index in [1.807, 2.05) is 31.2 Å². The molecular weight excluding hydrogens is 399 g/mol. The molecule has 0 radical (unpaired) electrons. The minimum atomic E-state index is -0.615. The lowest BCUT2D eigenvalue weighted by Crippen LogP contribution is -2.31. The molecule has 3 aromatic rings. The van der Waals surface area contributed by atoms with Gasteiger partial charge in [0.25, 0.3) is 5.91 Å². The zero-order valence-corrected chi connectivity index (χ0v) is 17.0. The molecule has 0 aliphatic carbocycles. The van der Waals surface area contributed by atoms with Gasteiger partial charge in [-0.25, -0.2) is 9.40 Å². The Hall–Kier alpha value is -3.74. The van der Waals surface area contributed by atoms with E-state index >= 15 is 0 Å². The molecule has 1 atom stereocenters. The summed E-state index contributed by atoms with van der Waals surface area (Å²) in [7, 11) is 0. The zero-order valence-electron chi connectivity index (χ0n) is 17.0. The summed E-state index contributed by atoms with van der Waals surface area (Å²) in [6.45, 7) is 1.54. The van der Waals surface area contributed by atoms with Crippen LogP contribution in [0.5, 0.6) is 0 Å².